The topological polar surface area (TPSA) is 76.1 Å². The highest BCUT2D eigenvalue weighted by molar-refractivity contribution is 7.93. The van der Waals surface area contributed by atoms with E-state index in [4.69, 9.17) is 0 Å². The number of carbonyl (C=O) groups is 1. The van der Waals surface area contributed by atoms with Crippen LogP contribution in [0.4, 0.5) is 5.69 Å². The van der Waals surface area contributed by atoms with E-state index in [2.05, 4.69) is 16.4 Å². The molecule has 0 saturated carbocycles. The maximum atomic E-state index is 12.2. The van der Waals surface area contributed by atoms with Gasteiger partial charge in [-0.2, -0.15) is 0 Å². The first-order chi connectivity index (χ1) is 12.8. The molecule has 0 aliphatic heterocycles. The molecule has 0 fully saturated rings. The van der Waals surface area contributed by atoms with Crippen molar-refractivity contribution in [3.8, 4) is 0 Å². The number of para-hydroxylation sites is 1. The van der Waals surface area contributed by atoms with Crippen molar-refractivity contribution in [1.29, 1.82) is 0 Å². The van der Waals surface area contributed by atoms with E-state index < -0.39 is 26.2 Å². The van der Waals surface area contributed by atoms with E-state index in [9.17, 15) is 13.2 Å². The maximum absolute atomic E-state index is 12.2. The van der Waals surface area contributed by atoms with Gasteiger partial charge in [-0.25, -0.2) is 13.4 Å². The van der Waals surface area contributed by atoms with Gasteiger partial charge in [0.15, 0.2) is 9.84 Å². The van der Waals surface area contributed by atoms with Crippen LogP contribution in [-0.2, 0) is 21.1 Å². The number of rotatable bonds is 6. The van der Waals surface area contributed by atoms with E-state index >= 15 is 0 Å². The minimum absolute atomic E-state index is 0.511. The van der Waals surface area contributed by atoms with E-state index in [-0.39, 0.29) is 0 Å². The van der Waals surface area contributed by atoms with Crippen LogP contribution in [0.25, 0.3) is 10.2 Å². The highest BCUT2D eigenvalue weighted by Gasteiger charge is 2.30. The second-order valence-corrected chi connectivity index (χ2v) is 10.7. The molecule has 0 spiro atoms. The van der Waals surface area contributed by atoms with Crippen molar-refractivity contribution >= 4 is 43.0 Å². The number of carbonyl (C=O) groups excluding carboxylic acids is 1. The average molecular weight is 403 g/mol. The molecule has 1 atom stereocenters. The van der Waals surface area contributed by atoms with Gasteiger partial charge in [0, 0.05) is 12.1 Å². The van der Waals surface area contributed by atoms with Gasteiger partial charge in [0.25, 0.3) is 0 Å². The zero-order valence-electron chi connectivity index (χ0n) is 15.5. The number of hydrogen-bond donors (Lipinski definition) is 1. The molecule has 1 amide bonds. The Hall–Kier alpha value is -2.25. The minimum Gasteiger partial charge on any atom is -0.325 e. The number of amides is 1. The van der Waals surface area contributed by atoms with Gasteiger partial charge in [-0.15, -0.1) is 11.3 Å². The maximum Gasteiger partial charge on any atom is 0.242 e. The predicted octanol–water partition coefficient (Wildman–Crippen LogP) is 4.04. The molecule has 1 unspecified atom stereocenters. The molecule has 3 aromatic rings. The Morgan fingerprint density at radius 3 is 2.37 bits per heavy atom. The number of fused-ring (bicyclic) bond motifs is 1. The van der Waals surface area contributed by atoms with E-state index in [0.29, 0.717) is 12.1 Å². The van der Waals surface area contributed by atoms with Crippen LogP contribution in [0.5, 0.6) is 0 Å². The highest BCUT2D eigenvalue weighted by Crippen LogP contribution is 2.24. The third-order valence-corrected chi connectivity index (χ3v) is 7.98. The molecular weight excluding hydrogens is 380 g/mol. The molecule has 27 heavy (non-hydrogen) atoms. The monoisotopic (exact) mass is 402 g/mol. The van der Waals surface area contributed by atoms with Gasteiger partial charge < -0.3 is 5.32 Å². The summed E-state index contributed by atoms with van der Waals surface area (Å²) in [6, 6.07) is 15.4. The van der Waals surface area contributed by atoms with Crippen molar-refractivity contribution in [2.75, 3.05) is 5.32 Å². The lowest BCUT2D eigenvalue weighted by Crippen LogP contribution is -2.36. The van der Waals surface area contributed by atoms with Crippen molar-refractivity contribution < 1.29 is 13.2 Å². The molecule has 1 heterocycles. The fourth-order valence-electron chi connectivity index (χ4n) is 2.68. The number of sulfone groups is 1. The number of nitrogens with zero attached hydrogens (tertiary/aromatic N) is 1. The lowest BCUT2D eigenvalue weighted by atomic mass is 10.1. The fourth-order valence-corrected chi connectivity index (χ4v) is 4.85. The number of benzene rings is 2. The van der Waals surface area contributed by atoms with Gasteiger partial charge in [0.2, 0.25) is 5.91 Å². The Balaban J connectivity index is 1.67. The zero-order valence-corrected chi connectivity index (χ0v) is 17.1. The molecule has 3 rings (SSSR count). The summed E-state index contributed by atoms with van der Waals surface area (Å²) in [5.41, 5.74) is 2.66. The summed E-state index contributed by atoms with van der Waals surface area (Å²) in [7, 11) is -3.48. The SMILES string of the molecule is CC(C)S(=O)(=O)C(C)C(=O)Nc1ccc(Cc2nc3ccccc3s2)cc1. The number of nitrogens with one attached hydrogen (secondary N) is 1. The first-order valence-corrected chi connectivity index (χ1v) is 11.2. The molecular formula is C20H22N2O3S2. The average Bonchev–Trinajstić information content (AvgIpc) is 3.04. The number of aromatic nitrogens is 1. The largest absolute Gasteiger partial charge is 0.325 e. The Labute approximate surface area is 163 Å². The molecule has 5 nitrogen and oxygen atoms in total. The highest BCUT2D eigenvalue weighted by atomic mass is 32.2. The molecule has 0 saturated heterocycles. The van der Waals surface area contributed by atoms with Crippen LogP contribution in [0.3, 0.4) is 0 Å². The molecule has 0 aliphatic carbocycles. The Bertz CT molecular complexity index is 1020. The molecule has 7 heteroatoms. The summed E-state index contributed by atoms with van der Waals surface area (Å²) in [4.78, 5) is 16.9. The van der Waals surface area contributed by atoms with Crippen LogP contribution in [-0.4, -0.2) is 29.8 Å². The van der Waals surface area contributed by atoms with Crippen LogP contribution in [0.1, 0.15) is 31.3 Å². The van der Waals surface area contributed by atoms with Gasteiger partial charge in [0.1, 0.15) is 5.25 Å². The summed E-state index contributed by atoms with van der Waals surface area (Å²) in [6.07, 6.45) is 0.714. The third kappa shape index (κ3) is 4.36. The molecule has 0 aliphatic rings. The fraction of sp³-hybridized carbons (Fsp3) is 0.300. The van der Waals surface area contributed by atoms with Gasteiger partial charge in [-0.1, -0.05) is 24.3 Å². The summed E-state index contributed by atoms with van der Waals surface area (Å²) in [5, 5.41) is 2.04. The summed E-state index contributed by atoms with van der Waals surface area (Å²) in [6.45, 7) is 4.58. The molecule has 142 valence electrons. The quantitative estimate of drug-likeness (QED) is 0.675. The van der Waals surface area contributed by atoms with Crippen molar-refractivity contribution in [3.63, 3.8) is 0 Å². The molecule has 0 bridgehead atoms. The molecule has 2 aromatic carbocycles. The lowest BCUT2D eigenvalue weighted by molar-refractivity contribution is -0.115. The Morgan fingerprint density at radius 1 is 1.07 bits per heavy atom. The second kappa shape index (κ2) is 7.78. The Kier molecular flexibility index (Phi) is 5.62. The molecule has 0 radical (unpaired) electrons. The minimum atomic E-state index is -3.48. The van der Waals surface area contributed by atoms with Crippen LogP contribution in [0.2, 0.25) is 0 Å². The number of thiazole rings is 1. The number of hydrogen-bond acceptors (Lipinski definition) is 5. The molecule has 1 N–H and O–H groups in total. The van der Waals surface area contributed by atoms with Crippen LogP contribution in [0.15, 0.2) is 48.5 Å². The first kappa shape index (κ1) is 19.5. The summed E-state index contributed by atoms with van der Waals surface area (Å²) in [5.74, 6) is -0.511. The van der Waals surface area contributed by atoms with Gasteiger partial charge in [0.05, 0.1) is 20.5 Å². The first-order valence-electron chi connectivity index (χ1n) is 8.74. The van der Waals surface area contributed by atoms with Crippen molar-refractivity contribution in [2.24, 2.45) is 0 Å². The normalized spacial score (nSPS) is 13.0. The Morgan fingerprint density at radius 2 is 1.74 bits per heavy atom. The standard InChI is InChI=1S/C20H22N2O3S2/c1-13(2)27(24,25)14(3)20(23)21-16-10-8-15(9-11-16)12-19-22-17-6-4-5-7-18(17)26-19/h4-11,13-14H,12H2,1-3H3,(H,21,23). The van der Waals surface area contributed by atoms with E-state index in [1.54, 1.807) is 37.3 Å². The van der Waals surface area contributed by atoms with Crippen LogP contribution >= 0.6 is 11.3 Å². The van der Waals surface area contributed by atoms with Gasteiger partial charge >= 0.3 is 0 Å². The predicted molar refractivity (Wildman–Crippen MR) is 111 cm³/mol. The molecule has 1 aromatic heterocycles. The van der Waals surface area contributed by atoms with Crippen LogP contribution in [0, 0.1) is 0 Å². The lowest BCUT2D eigenvalue weighted by Gasteiger charge is -2.15. The van der Waals surface area contributed by atoms with E-state index in [1.807, 2.05) is 30.3 Å². The van der Waals surface area contributed by atoms with E-state index in [0.717, 1.165) is 20.8 Å². The van der Waals surface area contributed by atoms with Crippen molar-refractivity contribution in [3.05, 3.63) is 59.1 Å². The second-order valence-electron chi connectivity index (χ2n) is 6.72. The number of anilines is 1. The smallest absolute Gasteiger partial charge is 0.242 e. The van der Waals surface area contributed by atoms with Gasteiger partial charge in [-0.3, -0.25) is 4.79 Å². The van der Waals surface area contributed by atoms with E-state index in [1.165, 1.54) is 6.92 Å². The summed E-state index contributed by atoms with van der Waals surface area (Å²) < 4.78 is 25.4. The zero-order chi connectivity index (χ0) is 19.6. The van der Waals surface area contributed by atoms with Crippen molar-refractivity contribution in [1.82, 2.24) is 4.98 Å². The van der Waals surface area contributed by atoms with Gasteiger partial charge in [-0.05, 0) is 50.6 Å². The van der Waals surface area contributed by atoms with Crippen molar-refractivity contribution in [2.45, 2.75) is 37.7 Å². The van der Waals surface area contributed by atoms with Crippen LogP contribution < -0.4 is 5.32 Å². The summed E-state index contributed by atoms with van der Waals surface area (Å²) >= 11 is 1.67. The third-order valence-electron chi connectivity index (χ3n) is 4.43.